The summed E-state index contributed by atoms with van der Waals surface area (Å²) in [5.41, 5.74) is 3.45. The first-order valence-corrected chi connectivity index (χ1v) is 7.54. The van der Waals surface area contributed by atoms with Crippen molar-refractivity contribution in [3.8, 4) is 0 Å². The van der Waals surface area contributed by atoms with Crippen molar-refractivity contribution in [1.82, 2.24) is 9.88 Å². The second kappa shape index (κ2) is 6.48. The molecule has 5 nitrogen and oxygen atoms in total. The first-order chi connectivity index (χ1) is 10.3. The Morgan fingerprint density at radius 3 is 2.73 bits per heavy atom. The van der Waals surface area contributed by atoms with Crippen LogP contribution in [0.3, 0.4) is 0 Å². The molecule has 0 bridgehead atoms. The Morgan fingerprint density at radius 2 is 2.18 bits per heavy atom. The van der Waals surface area contributed by atoms with E-state index in [0.717, 1.165) is 23.1 Å². The van der Waals surface area contributed by atoms with Crippen molar-refractivity contribution in [3.05, 3.63) is 35.2 Å². The molecule has 2 rings (SSSR count). The van der Waals surface area contributed by atoms with Crippen LogP contribution in [0.15, 0.2) is 18.3 Å². The Kier molecular flexibility index (Phi) is 4.86. The molecular formula is C17H24N2O3. The quantitative estimate of drug-likeness (QED) is 0.912. The van der Waals surface area contributed by atoms with Crippen molar-refractivity contribution in [2.75, 3.05) is 13.1 Å². The van der Waals surface area contributed by atoms with Gasteiger partial charge in [-0.3, -0.25) is 4.98 Å². The second-order valence-corrected chi connectivity index (χ2v) is 6.51. The van der Waals surface area contributed by atoms with E-state index in [4.69, 9.17) is 4.74 Å². The zero-order valence-electron chi connectivity index (χ0n) is 13.7. The molecule has 0 fully saturated rings. The van der Waals surface area contributed by atoms with Gasteiger partial charge in [-0.2, -0.15) is 0 Å². The van der Waals surface area contributed by atoms with E-state index in [-0.39, 0.29) is 12.7 Å². The van der Waals surface area contributed by atoms with E-state index in [9.17, 15) is 9.90 Å². The molecule has 1 N–H and O–H groups in total. The number of rotatable bonds is 2. The van der Waals surface area contributed by atoms with E-state index in [1.807, 2.05) is 39.8 Å². The maximum Gasteiger partial charge on any atom is 0.410 e. The van der Waals surface area contributed by atoms with Crippen molar-refractivity contribution in [1.29, 1.82) is 0 Å². The summed E-state index contributed by atoms with van der Waals surface area (Å²) >= 11 is 0. The highest BCUT2D eigenvalue weighted by atomic mass is 16.6. The number of amides is 1. The van der Waals surface area contributed by atoms with E-state index in [1.54, 1.807) is 11.1 Å². The number of carbonyl (C=O) groups is 1. The number of ether oxygens (including phenoxy) is 1. The maximum atomic E-state index is 12.1. The normalized spacial score (nSPS) is 15.5. The SMILES string of the molecule is Cc1ccnc(CO)c1C1=CCN(C(=O)OC(C)(C)C)CC1. The molecule has 0 unspecified atom stereocenters. The molecular weight excluding hydrogens is 280 g/mol. The van der Waals surface area contributed by atoms with Crippen LogP contribution >= 0.6 is 0 Å². The molecule has 0 spiro atoms. The van der Waals surface area contributed by atoms with Gasteiger partial charge in [0.15, 0.2) is 0 Å². The molecule has 0 aromatic carbocycles. The van der Waals surface area contributed by atoms with Crippen LogP contribution in [0.5, 0.6) is 0 Å². The van der Waals surface area contributed by atoms with E-state index in [2.05, 4.69) is 4.98 Å². The average molecular weight is 304 g/mol. The lowest BCUT2D eigenvalue weighted by Gasteiger charge is -2.30. The van der Waals surface area contributed by atoms with E-state index in [1.165, 1.54) is 0 Å². The Morgan fingerprint density at radius 1 is 1.45 bits per heavy atom. The third kappa shape index (κ3) is 3.85. The number of hydrogen-bond donors (Lipinski definition) is 1. The first kappa shape index (κ1) is 16.5. The van der Waals surface area contributed by atoms with E-state index in [0.29, 0.717) is 18.8 Å². The minimum atomic E-state index is -0.481. The number of carbonyl (C=O) groups excluding carboxylic acids is 1. The van der Waals surface area contributed by atoms with Gasteiger partial charge in [0, 0.05) is 24.8 Å². The largest absolute Gasteiger partial charge is 0.444 e. The fraction of sp³-hybridized carbons (Fsp3) is 0.529. The minimum absolute atomic E-state index is 0.0792. The standard InChI is InChI=1S/C17H24N2O3/c1-12-5-8-18-14(11-20)15(12)13-6-9-19(10-7-13)16(21)22-17(2,3)4/h5-6,8,20H,7,9-11H2,1-4H3. The summed E-state index contributed by atoms with van der Waals surface area (Å²) in [6, 6.07) is 1.94. The van der Waals surface area contributed by atoms with Gasteiger partial charge in [0.25, 0.3) is 0 Å². The molecule has 0 radical (unpaired) electrons. The lowest BCUT2D eigenvalue weighted by atomic mass is 9.94. The maximum absolute atomic E-state index is 12.1. The van der Waals surface area contributed by atoms with Gasteiger partial charge in [0.05, 0.1) is 12.3 Å². The lowest BCUT2D eigenvalue weighted by molar-refractivity contribution is 0.0270. The molecule has 1 amide bonds. The highest BCUT2D eigenvalue weighted by Gasteiger charge is 2.24. The van der Waals surface area contributed by atoms with Crippen LogP contribution in [0.1, 0.15) is 44.0 Å². The molecule has 120 valence electrons. The van der Waals surface area contributed by atoms with Gasteiger partial charge in [0.2, 0.25) is 0 Å². The molecule has 0 saturated carbocycles. The smallest absolute Gasteiger partial charge is 0.410 e. The Bertz CT molecular complexity index is 588. The topological polar surface area (TPSA) is 62.7 Å². The third-order valence-electron chi connectivity index (χ3n) is 3.57. The van der Waals surface area contributed by atoms with E-state index < -0.39 is 5.60 Å². The molecule has 1 aliphatic heterocycles. The van der Waals surface area contributed by atoms with Crippen LogP contribution < -0.4 is 0 Å². The molecule has 22 heavy (non-hydrogen) atoms. The zero-order valence-corrected chi connectivity index (χ0v) is 13.7. The number of pyridine rings is 1. The van der Waals surface area contributed by atoms with Gasteiger partial charge < -0.3 is 14.7 Å². The van der Waals surface area contributed by atoms with Crippen LogP contribution in [0.2, 0.25) is 0 Å². The Labute approximate surface area is 131 Å². The summed E-state index contributed by atoms with van der Waals surface area (Å²) in [4.78, 5) is 18.0. The number of aliphatic hydroxyl groups is 1. The monoisotopic (exact) mass is 304 g/mol. The minimum Gasteiger partial charge on any atom is -0.444 e. The van der Waals surface area contributed by atoms with Gasteiger partial charge in [0.1, 0.15) is 5.60 Å². The second-order valence-electron chi connectivity index (χ2n) is 6.51. The third-order valence-corrected chi connectivity index (χ3v) is 3.57. The lowest BCUT2D eigenvalue weighted by Crippen LogP contribution is -2.39. The summed E-state index contributed by atoms with van der Waals surface area (Å²) < 4.78 is 5.39. The summed E-state index contributed by atoms with van der Waals surface area (Å²) in [7, 11) is 0. The van der Waals surface area contributed by atoms with Crippen molar-refractivity contribution in [2.45, 2.75) is 46.3 Å². The van der Waals surface area contributed by atoms with Gasteiger partial charge in [-0.25, -0.2) is 4.79 Å². The number of aliphatic hydroxyl groups excluding tert-OH is 1. The van der Waals surface area contributed by atoms with E-state index >= 15 is 0 Å². The van der Waals surface area contributed by atoms with Crippen LogP contribution in [0.4, 0.5) is 4.79 Å². The van der Waals surface area contributed by atoms with Gasteiger partial charge in [-0.15, -0.1) is 0 Å². The zero-order chi connectivity index (χ0) is 16.3. The fourth-order valence-corrected chi connectivity index (χ4v) is 2.56. The first-order valence-electron chi connectivity index (χ1n) is 7.54. The Balaban J connectivity index is 2.14. The predicted octanol–water partition coefficient (Wildman–Crippen LogP) is 2.91. The fourth-order valence-electron chi connectivity index (χ4n) is 2.56. The summed E-state index contributed by atoms with van der Waals surface area (Å²) in [6.45, 7) is 8.65. The molecule has 1 aromatic heterocycles. The highest BCUT2D eigenvalue weighted by molar-refractivity contribution is 5.74. The van der Waals surface area contributed by atoms with Gasteiger partial charge in [-0.05, 0) is 51.3 Å². The van der Waals surface area contributed by atoms with Crippen LogP contribution in [0.25, 0.3) is 5.57 Å². The summed E-state index contributed by atoms with van der Waals surface area (Å²) in [5.74, 6) is 0. The molecule has 1 aromatic rings. The van der Waals surface area contributed by atoms with Crippen LogP contribution in [-0.2, 0) is 11.3 Å². The number of nitrogens with zero attached hydrogens (tertiary/aromatic N) is 2. The molecule has 0 aliphatic carbocycles. The van der Waals surface area contributed by atoms with Crippen molar-refractivity contribution >= 4 is 11.7 Å². The highest BCUT2D eigenvalue weighted by Crippen LogP contribution is 2.28. The average Bonchev–Trinajstić information content (AvgIpc) is 2.45. The molecule has 2 heterocycles. The van der Waals surface area contributed by atoms with Crippen LogP contribution in [-0.4, -0.2) is 39.8 Å². The number of aryl methyl sites for hydroxylation is 1. The molecule has 5 heteroatoms. The summed E-state index contributed by atoms with van der Waals surface area (Å²) in [6.07, 6.45) is 4.18. The number of hydrogen-bond acceptors (Lipinski definition) is 4. The molecule has 1 aliphatic rings. The summed E-state index contributed by atoms with van der Waals surface area (Å²) in [5, 5.41) is 9.47. The van der Waals surface area contributed by atoms with Gasteiger partial charge in [-0.1, -0.05) is 6.08 Å². The molecule has 0 saturated heterocycles. The van der Waals surface area contributed by atoms with Crippen LogP contribution in [0, 0.1) is 6.92 Å². The number of aromatic nitrogens is 1. The molecule has 0 atom stereocenters. The Hall–Kier alpha value is -1.88. The van der Waals surface area contributed by atoms with Crippen molar-refractivity contribution < 1.29 is 14.6 Å². The predicted molar refractivity (Wildman–Crippen MR) is 85.3 cm³/mol. The van der Waals surface area contributed by atoms with Gasteiger partial charge >= 0.3 is 6.09 Å². The van der Waals surface area contributed by atoms with Crippen molar-refractivity contribution in [3.63, 3.8) is 0 Å². The van der Waals surface area contributed by atoms with Crippen molar-refractivity contribution in [2.24, 2.45) is 0 Å².